The Labute approximate surface area is 155 Å². The zero-order chi connectivity index (χ0) is 21.2. The number of hydrazone groups is 1. The molecular formula is C13H11BrF7N3O3. The predicted molar refractivity (Wildman–Crippen MR) is 83.2 cm³/mol. The van der Waals surface area contributed by atoms with Crippen LogP contribution in [-0.2, 0) is 0 Å². The van der Waals surface area contributed by atoms with Gasteiger partial charge in [0, 0.05) is 11.6 Å². The summed E-state index contributed by atoms with van der Waals surface area (Å²) in [6.45, 7) is 3.16. The van der Waals surface area contributed by atoms with Crippen molar-refractivity contribution in [2.75, 3.05) is 0 Å². The van der Waals surface area contributed by atoms with E-state index in [1.807, 2.05) is 0 Å². The number of nitrogens with zero attached hydrogens (tertiary/aromatic N) is 2. The van der Waals surface area contributed by atoms with Gasteiger partial charge in [0.2, 0.25) is 5.75 Å². The van der Waals surface area contributed by atoms with Crippen LogP contribution in [0.3, 0.4) is 0 Å². The SMILES string of the molecule is CC(C)Oc1c(Br)cc(/C=N\NC(F)(F)C(F)(F)C(F)(F)F)cc1[N+](=O)[O-]. The van der Waals surface area contributed by atoms with Crippen molar-refractivity contribution < 1.29 is 40.4 Å². The number of halogens is 8. The highest BCUT2D eigenvalue weighted by Crippen LogP contribution is 2.45. The average Bonchev–Trinajstić information content (AvgIpc) is 2.47. The molecule has 0 aromatic heterocycles. The Kier molecular flexibility index (Phi) is 6.67. The van der Waals surface area contributed by atoms with E-state index in [-0.39, 0.29) is 15.8 Å². The van der Waals surface area contributed by atoms with E-state index in [2.05, 4.69) is 21.0 Å². The number of alkyl halides is 7. The molecule has 0 radical (unpaired) electrons. The lowest BCUT2D eigenvalue weighted by molar-refractivity contribution is -0.386. The molecular weight excluding hydrogens is 459 g/mol. The van der Waals surface area contributed by atoms with Gasteiger partial charge in [-0.1, -0.05) is 0 Å². The molecule has 0 saturated heterocycles. The number of nitrogens with one attached hydrogen (secondary N) is 1. The van der Waals surface area contributed by atoms with E-state index in [0.29, 0.717) is 11.6 Å². The summed E-state index contributed by atoms with van der Waals surface area (Å²) >= 11 is 2.96. The lowest BCUT2D eigenvalue weighted by Crippen LogP contribution is -2.58. The van der Waals surface area contributed by atoms with Crippen LogP contribution in [0, 0.1) is 10.1 Å². The van der Waals surface area contributed by atoms with E-state index in [4.69, 9.17) is 4.74 Å². The summed E-state index contributed by atoms with van der Waals surface area (Å²) in [6, 6.07) is -3.82. The zero-order valence-corrected chi connectivity index (χ0v) is 15.0. The molecule has 1 N–H and O–H groups in total. The molecule has 0 heterocycles. The fourth-order valence-electron chi connectivity index (χ4n) is 1.60. The van der Waals surface area contributed by atoms with Gasteiger partial charge in [-0.2, -0.15) is 35.8 Å². The fraction of sp³-hybridized carbons (Fsp3) is 0.462. The lowest BCUT2D eigenvalue weighted by atomic mass is 10.2. The number of hydrogen-bond donors (Lipinski definition) is 1. The standard InChI is InChI=1S/C13H11BrF7N3O3/c1-6(2)27-10-8(14)3-7(4-9(10)24(25)26)5-22-23-13(20,21)11(15,16)12(17,18)19/h3-6,23H,1-2H3/b22-5-. The molecule has 1 rings (SSSR count). The van der Waals surface area contributed by atoms with E-state index in [9.17, 15) is 40.8 Å². The average molecular weight is 470 g/mol. The molecule has 0 aliphatic carbocycles. The number of rotatable bonds is 7. The molecule has 0 bridgehead atoms. The third-order valence-corrected chi connectivity index (χ3v) is 3.35. The number of benzene rings is 1. The summed E-state index contributed by atoms with van der Waals surface area (Å²) in [5, 5.41) is 13.7. The topological polar surface area (TPSA) is 76.8 Å². The number of ether oxygens (including phenoxy) is 1. The first-order chi connectivity index (χ1) is 12.1. The maximum atomic E-state index is 13.1. The maximum absolute atomic E-state index is 13.1. The Morgan fingerprint density at radius 3 is 2.22 bits per heavy atom. The highest BCUT2D eigenvalue weighted by Gasteiger charge is 2.73. The van der Waals surface area contributed by atoms with Crippen molar-refractivity contribution in [3.8, 4) is 5.75 Å². The van der Waals surface area contributed by atoms with Crippen molar-refractivity contribution in [1.29, 1.82) is 0 Å². The third-order valence-electron chi connectivity index (χ3n) is 2.77. The van der Waals surface area contributed by atoms with Crippen molar-refractivity contribution in [1.82, 2.24) is 5.43 Å². The summed E-state index contributed by atoms with van der Waals surface area (Å²) in [5.74, 6) is -6.58. The van der Waals surface area contributed by atoms with Gasteiger partial charge in [-0.15, -0.1) is 0 Å². The predicted octanol–water partition coefficient (Wildman–Crippen LogP) is 4.86. The molecule has 6 nitrogen and oxygen atoms in total. The van der Waals surface area contributed by atoms with Crippen LogP contribution in [0.4, 0.5) is 36.4 Å². The molecule has 152 valence electrons. The third kappa shape index (κ3) is 5.20. The highest BCUT2D eigenvalue weighted by atomic mass is 79.9. The van der Waals surface area contributed by atoms with Gasteiger partial charge in [0.15, 0.2) is 0 Å². The first kappa shape index (κ1) is 22.9. The summed E-state index contributed by atoms with van der Waals surface area (Å²) in [5.41, 5.74) is -0.433. The van der Waals surface area contributed by atoms with Crippen molar-refractivity contribution in [3.05, 3.63) is 32.3 Å². The van der Waals surface area contributed by atoms with Crippen LogP contribution in [0.2, 0.25) is 0 Å². The summed E-state index contributed by atoms with van der Waals surface area (Å²) in [6.07, 6.45) is -6.56. The molecule has 14 heteroatoms. The fourth-order valence-corrected chi connectivity index (χ4v) is 2.16. The minimum Gasteiger partial charge on any atom is -0.483 e. The molecule has 0 unspecified atom stereocenters. The van der Waals surface area contributed by atoms with Crippen molar-refractivity contribution >= 4 is 27.8 Å². The second-order valence-electron chi connectivity index (χ2n) is 5.29. The molecule has 0 aliphatic rings. The minimum absolute atomic E-state index is 0.0132. The van der Waals surface area contributed by atoms with Crippen LogP contribution in [0.15, 0.2) is 21.7 Å². The van der Waals surface area contributed by atoms with E-state index in [1.54, 1.807) is 13.8 Å². The maximum Gasteiger partial charge on any atom is 0.462 e. The first-order valence-corrected chi connectivity index (χ1v) is 7.66. The largest absolute Gasteiger partial charge is 0.483 e. The molecule has 1 aromatic rings. The quantitative estimate of drug-likeness (QED) is 0.203. The van der Waals surface area contributed by atoms with Gasteiger partial charge in [0.25, 0.3) is 0 Å². The molecule has 0 amide bonds. The molecule has 0 fully saturated rings. The van der Waals surface area contributed by atoms with E-state index in [1.165, 1.54) is 0 Å². The number of hydrogen-bond acceptors (Lipinski definition) is 5. The van der Waals surface area contributed by atoms with Crippen molar-refractivity contribution in [2.24, 2.45) is 5.10 Å². The Balaban J connectivity index is 3.14. The molecule has 0 spiro atoms. The first-order valence-electron chi connectivity index (χ1n) is 6.87. The van der Waals surface area contributed by atoms with Gasteiger partial charge in [-0.3, -0.25) is 10.1 Å². The summed E-state index contributed by atoms with van der Waals surface area (Å²) < 4.78 is 92.8. The van der Waals surface area contributed by atoms with Crippen LogP contribution in [0.1, 0.15) is 19.4 Å². The van der Waals surface area contributed by atoms with Gasteiger partial charge in [-0.05, 0) is 35.8 Å². The van der Waals surface area contributed by atoms with Crippen LogP contribution < -0.4 is 10.2 Å². The molecule has 0 atom stereocenters. The highest BCUT2D eigenvalue weighted by molar-refractivity contribution is 9.10. The lowest BCUT2D eigenvalue weighted by Gasteiger charge is -2.27. The zero-order valence-electron chi connectivity index (χ0n) is 13.5. The van der Waals surface area contributed by atoms with Crippen LogP contribution in [-0.4, -0.2) is 35.4 Å². The summed E-state index contributed by atoms with van der Waals surface area (Å²) in [4.78, 5) is 10.2. The van der Waals surface area contributed by atoms with E-state index < -0.39 is 34.9 Å². The van der Waals surface area contributed by atoms with Gasteiger partial charge in [0.1, 0.15) is 0 Å². The van der Waals surface area contributed by atoms with E-state index in [0.717, 1.165) is 12.1 Å². The van der Waals surface area contributed by atoms with E-state index >= 15 is 0 Å². The Morgan fingerprint density at radius 2 is 1.78 bits per heavy atom. The second-order valence-corrected chi connectivity index (χ2v) is 6.15. The molecule has 0 aliphatic heterocycles. The summed E-state index contributed by atoms with van der Waals surface area (Å²) in [7, 11) is 0. The Morgan fingerprint density at radius 1 is 1.22 bits per heavy atom. The van der Waals surface area contributed by atoms with Crippen molar-refractivity contribution in [3.63, 3.8) is 0 Å². The molecule has 0 saturated carbocycles. The monoisotopic (exact) mass is 469 g/mol. The normalized spacial score (nSPS) is 13.3. The number of nitro groups is 1. The van der Waals surface area contributed by atoms with Crippen molar-refractivity contribution in [2.45, 2.75) is 38.1 Å². The Bertz CT molecular complexity index is 739. The molecule has 1 aromatic carbocycles. The smallest absolute Gasteiger partial charge is 0.462 e. The van der Waals surface area contributed by atoms with Gasteiger partial charge in [-0.25, -0.2) is 5.43 Å². The van der Waals surface area contributed by atoms with Gasteiger partial charge in [0.05, 0.1) is 21.7 Å². The molecule has 27 heavy (non-hydrogen) atoms. The van der Waals surface area contributed by atoms with Crippen LogP contribution in [0.5, 0.6) is 5.75 Å². The minimum atomic E-state index is -6.52. The second kappa shape index (κ2) is 7.86. The van der Waals surface area contributed by atoms with Gasteiger partial charge < -0.3 is 4.74 Å². The van der Waals surface area contributed by atoms with Gasteiger partial charge >= 0.3 is 23.8 Å². The van der Waals surface area contributed by atoms with Crippen LogP contribution >= 0.6 is 15.9 Å². The Hall–Kier alpha value is -2.12. The number of nitro benzene ring substituents is 1. The van der Waals surface area contributed by atoms with Crippen LogP contribution in [0.25, 0.3) is 0 Å².